The Kier molecular flexibility index (Phi) is 9.11. The first-order valence-electron chi connectivity index (χ1n) is 8.61. The highest BCUT2D eigenvalue weighted by Gasteiger charge is 2.42. The number of aliphatic imine (C=N–C) groups is 1. The maximum absolute atomic E-state index is 12.9. The number of likely N-dealkylation sites (tertiary alicyclic amines) is 1. The second-order valence-electron chi connectivity index (χ2n) is 6.97. The smallest absolute Gasteiger partial charge is 0.356 e. The summed E-state index contributed by atoms with van der Waals surface area (Å²) in [5.74, 6) is 0.0199. The van der Waals surface area contributed by atoms with E-state index in [0.29, 0.717) is 18.3 Å². The average molecular weight is 462 g/mol. The fourth-order valence-electron chi connectivity index (χ4n) is 3.69. The molecular weight excluding hydrogens is 432 g/mol. The molecule has 142 valence electrons. The number of guanidine groups is 1. The number of rotatable bonds is 3. The van der Waals surface area contributed by atoms with Crippen LogP contribution in [0.4, 0.5) is 13.2 Å². The van der Waals surface area contributed by atoms with Gasteiger partial charge >= 0.3 is 6.18 Å². The first-order valence-corrected chi connectivity index (χ1v) is 8.61. The summed E-state index contributed by atoms with van der Waals surface area (Å²) in [4.78, 5) is 6.49. The summed E-state index contributed by atoms with van der Waals surface area (Å²) in [5, 5.41) is 6.48. The molecule has 2 N–H and O–H groups in total. The van der Waals surface area contributed by atoms with E-state index in [2.05, 4.69) is 27.6 Å². The number of piperidine rings is 1. The molecule has 4 nitrogen and oxygen atoms in total. The molecule has 24 heavy (non-hydrogen) atoms. The third-order valence-electron chi connectivity index (χ3n) is 4.98. The summed E-state index contributed by atoms with van der Waals surface area (Å²) in [5.41, 5.74) is 0. The zero-order chi connectivity index (χ0) is 16.9. The molecule has 0 aromatic heterocycles. The number of nitrogens with zero attached hydrogens (tertiary/aromatic N) is 2. The van der Waals surface area contributed by atoms with Crippen LogP contribution in [0, 0.1) is 11.8 Å². The summed E-state index contributed by atoms with van der Waals surface area (Å²) in [6, 6.07) is -0.143. The van der Waals surface area contributed by atoms with Gasteiger partial charge in [0.15, 0.2) is 5.96 Å². The molecule has 8 heteroatoms. The molecule has 0 amide bonds. The Labute approximate surface area is 160 Å². The molecule has 1 saturated heterocycles. The van der Waals surface area contributed by atoms with Crippen molar-refractivity contribution in [3.05, 3.63) is 0 Å². The molecule has 1 aliphatic carbocycles. The molecule has 0 bridgehead atoms. The number of alkyl halides is 3. The molecular formula is C16H30F3IN4. The monoisotopic (exact) mass is 462 g/mol. The molecule has 3 atom stereocenters. The number of halogens is 4. The lowest BCUT2D eigenvalue weighted by Gasteiger charge is -2.33. The van der Waals surface area contributed by atoms with Crippen molar-refractivity contribution in [3.63, 3.8) is 0 Å². The van der Waals surface area contributed by atoms with E-state index in [1.165, 1.54) is 12.8 Å². The Morgan fingerprint density at radius 2 is 1.96 bits per heavy atom. The third-order valence-corrected chi connectivity index (χ3v) is 4.98. The minimum atomic E-state index is -4.08. The van der Waals surface area contributed by atoms with E-state index in [0.717, 1.165) is 26.1 Å². The van der Waals surface area contributed by atoms with Crippen LogP contribution in [0.1, 0.15) is 38.5 Å². The molecule has 0 radical (unpaired) electrons. The molecule has 2 fully saturated rings. The number of hydrogen-bond acceptors (Lipinski definition) is 2. The largest absolute Gasteiger partial charge is 0.391 e. The standard InChI is InChI=1S/C16H29F3N4.HI/c1-20-15(21-10-12-5-4-8-23(2)11-12)22-14-7-3-6-13(9-14)16(17,18)19;/h12-14H,3-11H2,1-2H3,(H2,20,21,22);1H. The SMILES string of the molecule is CN=C(NCC1CCCN(C)C1)NC1CCCC(C(F)(F)F)C1.I. The fraction of sp³-hybridized carbons (Fsp3) is 0.938. The van der Waals surface area contributed by atoms with Crippen LogP contribution in [0.15, 0.2) is 4.99 Å². The normalized spacial score (nSPS) is 29.7. The minimum absolute atomic E-state index is 0. The zero-order valence-corrected chi connectivity index (χ0v) is 16.9. The molecule has 1 aliphatic heterocycles. The predicted molar refractivity (Wildman–Crippen MR) is 102 cm³/mol. The van der Waals surface area contributed by atoms with Crippen molar-refractivity contribution in [2.75, 3.05) is 33.7 Å². The van der Waals surface area contributed by atoms with Gasteiger partial charge in [-0.2, -0.15) is 13.2 Å². The first kappa shape index (κ1) is 21.8. The van der Waals surface area contributed by atoms with Crippen molar-refractivity contribution in [2.45, 2.75) is 50.7 Å². The van der Waals surface area contributed by atoms with Crippen LogP contribution in [-0.4, -0.2) is 56.8 Å². The highest BCUT2D eigenvalue weighted by atomic mass is 127. The van der Waals surface area contributed by atoms with E-state index in [9.17, 15) is 13.2 Å². The molecule has 1 heterocycles. The highest BCUT2D eigenvalue weighted by molar-refractivity contribution is 14.0. The molecule has 3 unspecified atom stereocenters. The van der Waals surface area contributed by atoms with Crippen LogP contribution >= 0.6 is 24.0 Å². The molecule has 0 spiro atoms. The fourth-order valence-corrected chi connectivity index (χ4v) is 3.69. The van der Waals surface area contributed by atoms with Crippen LogP contribution in [0.2, 0.25) is 0 Å². The zero-order valence-electron chi connectivity index (χ0n) is 14.5. The highest BCUT2D eigenvalue weighted by Crippen LogP contribution is 2.37. The van der Waals surface area contributed by atoms with Gasteiger partial charge in [-0.3, -0.25) is 4.99 Å². The van der Waals surface area contributed by atoms with Crippen molar-refractivity contribution in [3.8, 4) is 0 Å². The topological polar surface area (TPSA) is 39.7 Å². The van der Waals surface area contributed by atoms with E-state index < -0.39 is 12.1 Å². The van der Waals surface area contributed by atoms with Gasteiger partial charge in [0.05, 0.1) is 5.92 Å². The van der Waals surface area contributed by atoms with Crippen molar-refractivity contribution in [1.29, 1.82) is 0 Å². The second-order valence-corrected chi connectivity index (χ2v) is 6.97. The maximum atomic E-state index is 12.9. The Morgan fingerprint density at radius 3 is 2.58 bits per heavy atom. The molecule has 2 aliphatic rings. The summed E-state index contributed by atoms with van der Waals surface area (Å²) in [6.45, 7) is 3.02. The summed E-state index contributed by atoms with van der Waals surface area (Å²) in [6.07, 6.45) is 0.104. The van der Waals surface area contributed by atoms with Gasteiger partial charge in [-0.25, -0.2) is 0 Å². The lowest BCUT2D eigenvalue weighted by Crippen LogP contribution is -2.48. The summed E-state index contributed by atoms with van der Waals surface area (Å²) < 4.78 is 38.6. The van der Waals surface area contributed by atoms with Crippen LogP contribution in [-0.2, 0) is 0 Å². The maximum Gasteiger partial charge on any atom is 0.391 e. The Balaban J connectivity index is 0.00000288. The van der Waals surface area contributed by atoms with E-state index in [-0.39, 0.29) is 42.9 Å². The quantitative estimate of drug-likeness (QED) is 0.385. The molecule has 0 aromatic rings. The van der Waals surface area contributed by atoms with Crippen molar-refractivity contribution in [1.82, 2.24) is 15.5 Å². The van der Waals surface area contributed by atoms with Gasteiger partial charge in [0.25, 0.3) is 0 Å². The van der Waals surface area contributed by atoms with Gasteiger partial charge < -0.3 is 15.5 Å². The second kappa shape index (κ2) is 10.0. The predicted octanol–water partition coefficient (Wildman–Crippen LogP) is 3.23. The van der Waals surface area contributed by atoms with Crippen LogP contribution in [0.3, 0.4) is 0 Å². The summed E-state index contributed by atoms with van der Waals surface area (Å²) in [7, 11) is 3.80. The Hall–Kier alpha value is -0.250. The van der Waals surface area contributed by atoms with Crippen molar-refractivity contribution in [2.24, 2.45) is 16.8 Å². The van der Waals surface area contributed by atoms with Crippen molar-refractivity contribution < 1.29 is 13.2 Å². The van der Waals surface area contributed by atoms with Crippen molar-refractivity contribution >= 4 is 29.9 Å². The molecule has 2 rings (SSSR count). The van der Waals surface area contributed by atoms with Crippen LogP contribution in [0.25, 0.3) is 0 Å². The lowest BCUT2D eigenvalue weighted by atomic mass is 9.85. The van der Waals surface area contributed by atoms with Crippen LogP contribution in [0.5, 0.6) is 0 Å². The van der Waals surface area contributed by atoms with Gasteiger partial charge in [0.1, 0.15) is 0 Å². The minimum Gasteiger partial charge on any atom is -0.356 e. The number of nitrogens with one attached hydrogen (secondary N) is 2. The Morgan fingerprint density at radius 1 is 1.21 bits per heavy atom. The van der Waals surface area contributed by atoms with E-state index in [4.69, 9.17) is 0 Å². The van der Waals surface area contributed by atoms with Gasteiger partial charge in [-0.05, 0) is 51.6 Å². The van der Waals surface area contributed by atoms with Gasteiger partial charge in [0.2, 0.25) is 0 Å². The van der Waals surface area contributed by atoms with E-state index >= 15 is 0 Å². The van der Waals surface area contributed by atoms with E-state index in [1.54, 1.807) is 7.05 Å². The molecule has 1 saturated carbocycles. The van der Waals surface area contributed by atoms with Gasteiger partial charge in [0, 0.05) is 26.2 Å². The van der Waals surface area contributed by atoms with Crippen LogP contribution < -0.4 is 10.6 Å². The molecule has 0 aromatic carbocycles. The number of hydrogen-bond donors (Lipinski definition) is 2. The average Bonchev–Trinajstić information content (AvgIpc) is 2.51. The first-order chi connectivity index (χ1) is 10.9. The Bertz CT molecular complexity index is 403. The van der Waals surface area contributed by atoms with E-state index in [1.807, 2.05) is 0 Å². The lowest BCUT2D eigenvalue weighted by molar-refractivity contribution is -0.183. The van der Waals surface area contributed by atoms with Gasteiger partial charge in [-0.1, -0.05) is 6.42 Å². The summed E-state index contributed by atoms with van der Waals surface area (Å²) >= 11 is 0. The third kappa shape index (κ3) is 6.93. The van der Waals surface area contributed by atoms with Gasteiger partial charge in [-0.15, -0.1) is 24.0 Å².